The molecule has 9 aromatic carbocycles. The second-order valence-corrected chi connectivity index (χ2v) is 17.7. The summed E-state index contributed by atoms with van der Waals surface area (Å²) in [6.45, 7) is 6.47. The maximum atomic E-state index is 5.46. The first kappa shape index (κ1) is 38.6. The van der Waals surface area contributed by atoms with Gasteiger partial charge >= 0.3 is 0 Å². The van der Waals surface area contributed by atoms with Gasteiger partial charge in [-0.05, 0) is 111 Å². The highest BCUT2D eigenvalue weighted by Gasteiger charge is 2.47. The molecule has 308 valence electrons. The van der Waals surface area contributed by atoms with Crippen molar-refractivity contribution in [2.75, 3.05) is 0 Å². The number of rotatable bonds is 7. The Labute approximate surface area is 380 Å². The molecule has 3 heteroatoms. The third-order valence-electron chi connectivity index (χ3n) is 14.0. The maximum absolute atomic E-state index is 5.46. The highest BCUT2D eigenvalue weighted by molar-refractivity contribution is 5.88. The molecule has 0 spiro atoms. The van der Waals surface area contributed by atoms with Crippen LogP contribution in [0.15, 0.2) is 218 Å². The quantitative estimate of drug-likeness (QED) is 0.161. The number of hydrogen-bond donors (Lipinski definition) is 0. The molecule has 1 heterocycles. The third-order valence-corrected chi connectivity index (χ3v) is 14.0. The van der Waals surface area contributed by atoms with Crippen molar-refractivity contribution in [3.63, 3.8) is 0 Å². The molecule has 10 aromatic rings. The molecule has 0 saturated carbocycles. The molecule has 12 rings (SSSR count). The Balaban J connectivity index is 1.09. The average Bonchev–Trinajstić information content (AvgIpc) is 3.83. The Hall–Kier alpha value is -8.01. The zero-order valence-electron chi connectivity index (χ0n) is 36.6. The van der Waals surface area contributed by atoms with E-state index >= 15 is 0 Å². The van der Waals surface area contributed by atoms with Crippen LogP contribution in [0.2, 0.25) is 0 Å². The molecule has 0 amide bonds. The smallest absolute Gasteiger partial charge is 0.164 e. The van der Waals surface area contributed by atoms with E-state index in [1.165, 1.54) is 61.2 Å². The van der Waals surface area contributed by atoms with Gasteiger partial charge in [-0.15, -0.1) is 0 Å². The van der Waals surface area contributed by atoms with Crippen molar-refractivity contribution in [1.29, 1.82) is 0 Å². The van der Waals surface area contributed by atoms with Gasteiger partial charge in [0.1, 0.15) is 0 Å². The van der Waals surface area contributed by atoms with Gasteiger partial charge in [-0.1, -0.05) is 212 Å². The maximum Gasteiger partial charge on any atom is 0.164 e. The van der Waals surface area contributed by atoms with Crippen LogP contribution in [0.25, 0.3) is 56.4 Å². The van der Waals surface area contributed by atoms with Gasteiger partial charge in [0.2, 0.25) is 0 Å². The summed E-state index contributed by atoms with van der Waals surface area (Å²) >= 11 is 0. The fourth-order valence-electron chi connectivity index (χ4n) is 11.5. The van der Waals surface area contributed by atoms with Crippen LogP contribution in [0, 0.1) is 20.8 Å². The topological polar surface area (TPSA) is 38.7 Å². The molecule has 3 nitrogen and oxygen atoms in total. The Morgan fingerprint density at radius 2 is 0.615 bits per heavy atom. The van der Waals surface area contributed by atoms with Crippen LogP contribution in [-0.2, 0) is 10.8 Å². The van der Waals surface area contributed by atoms with Gasteiger partial charge in [0, 0.05) is 16.7 Å². The summed E-state index contributed by atoms with van der Waals surface area (Å²) in [4.78, 5) is 16.3. The summed E-state index contributed by atoms with van der Waals surface area (Å²) in [5, 5.41) is 0. The van der Waals surface area contributed by atoms with Crippen molar-refractivity contribution < 1.29 is 0 Å². The van der Waals surface area contributed by atoms with Crippen LogP contribution in [0.5, 0.6) is 0 Å². The molecular formula is C62H45N3. The lowest BCUT2D eigenvalue weighted by Crippen LogP contribution is -2.28. The summed E-state index contributed by atoms with van der Waals surface area (Å²) in [5.74, 6) is 1.93. The van der Waals surface area contributed by atoms with E-state index in [0.29, 0.717) is 17.5 Å². The Morgan fingerprint density at radius 1 is 0.292 bits per heavy atom. The molecule has 0 atom stereocenters. The summed E-state index contributed by atoms with van der Waals surface area (Å²) < 4.78 is 0. The van der Waals surface area contributed by atoms with Crippen LogP contribution in [0.3, 0.4) is 0 Å². The predicted octanol–water partition coefficient (Wildman–Crippen LogP) is 14.5. The molecular weight excluding hydrogens is 787 g/mol. The molecule has 0 bridgehead atoms. The van der Waals surface area contributed by atoms with Crippen LogP contribution >= 0.6 is 0 Å². The van der Waals surface area contributed by atoms with Crippen molar-refractivity contribution >= 4 is 0 Å². The van der Waals surface area contributed by atoms with E-state index in [-0.39, 0.29) is 0 Å². The van der Waals surface area contributed by atoms with Crippen LogP contribution in [0.1, 0.15) is 61.2 Å². The first-order valence-corrected chi connectivity index (χ1v) is 22.5. The predicted molar refractivity (Wildman–Crippen MR) is 265 cm³/mol. The lowest BCUT2D eigenvalue weighted by atomic mass is 9.67. The van der Waals surface area contributed by atoms with Crippen LogP contribution in [0.4, 0.5) is 0 Å². The molecule has 0 aliphatic heterocycles. The Morgan fingerprint density at radius 3 is 1.00 bits per heavy atom. The first-order valence-electron chi connectivity index (χ1n) is 22.5. The van der Waals surface area contributed by atoms with Crippen molar-refractivity contribution in [3.05, 3.63) is 280 Å². The van der Waals surface area contributed by atoms with E-state index in [4.69, 9.17) is 15.0 Å². The fraction of sp³-hybridized carbons (Fsp3) is 0.0806. The van der Waals surface area contributed by atoms with Crippen LogP contribution in [-0.4, -0.2) is 15.0 Å². The molecule has 2 aliphatic rings. The fourth-order valence-corrected chi connectivity index (χ4v) is 11.5. The van der Waals surface area contributed by atoms with Crippen molar-refractivity contribution in [3.8, 4) is 56.4 Å². The van der Waals surface area contributed by atoms with Gasteiger partial charge in [0.15, 0.2) is 17.5 Å². The summed E-state index contributed by atoms with van der Waals surface area (Å²) in [7, 11) is 0. The summed E-state index contributed by atoms with van der Waals surface area (Å²) in [5.41, 5.74) is 20.2. The van der Waals surface area contributed by atoms with E-state index < -0.39 is 10.8 Å². The van der Waals surface area contributed by atoms with Gasteiger partial charge < -0.3 is 0 Å². The van der Waals surface area contributed by atoms with E-state index in [9.17, 15) is 0 Å². The van der Waals surface area contributed by atoms with E-state index in [0.717, 1.165) is 38.9 Å². The number of hydrogen-bond acceptors (Lipinski definition) is 3. The number of benzene rings is 9. The molecule has 1 aromatic heterocycles. The monoisotopic (exact) mass is 831 g/mol. The average molecular weight is 832 g/mol. The number of aromatic nitrogens is 3. The Kier molecular flexibility index (Phi) is 8.96. The van der Waals surface area contributed by atoms with Crippen LogP contribution < -0.4 is 0 Å². The standard InChI is InChI=1S/C62H45N3/c1-40-36-41(2)57(42(3)37-40)60-64-58(43-20-18-26-47(38-43)61(45-22-6-4-7-23-45)53-32-14-10-28-49(53)50-29-11-15-33-54(50)61)63-59(65-60)44-21-19-27-48(39-44)62(46-24-8-5-9-25-46)55-34-16-12-30-51(55)52-31-13-17-35-56(52)62/h4-39H,1-3H3. The minimum atomic E-state index is -0.554. The van der Waals surface area contributed by atoms with Gasteiger partial charge in [0.25, 0.3) is 0 Å². The zero-order valence-corrected chi connectivity index (χ0v) is 36.6. The molecule has 0 radical (unpaired) electrons. The van der Waals surface area contributed by atoms with E-state index in [2.05, 4.69) is 239 Å². The molecule has 0 saturated heterocycles. The summed E-state index contributed by atoms with van der Waals surface area (Å²) in [6, 6.07) is 79.7. The van der Waals surface area contributed by atoms with Crippen molar-refractivity contribution in [2.45, 2.75) is 31.6 Å². The van der Waals surface area contributed by atoms with Gasteiger partial charge in [-0.3, -0.25) is 0 Å². The molecule has 0 unspecified atom stereocenters. The molecule has 0 fully saturated rings. The SMILES string of the molecule is Cc1cc(C)c(-c2nc(-c3cccc(C4(c5ccccc5)c5ccccc5-c5ccccc54)c3)nc(-c3cccc(C4(c5ccccc5)c5ccccc5-c5ccccc54)c3)n2)c(C)c1. The number of aryl methyl sites for hydroxylation is 3. The minimum Gasteiger partial charge on any atom is -0.208 e. The number of nitrogens with zero attached hydrogens (tertiary/aromatic N) is 3. The van der Waals surface area contributed by atoms with Gasteiger partial charge in [0.05, 0.1) is 10.8 Å². The second kappa shape index (κ2) is 15.1. The van der Waals surface area contributed by atoms with Crippen molar-refractivity contribution in [1.82, 2.24) is 15.0 Å². The largest absolute Gasteiger partial charge is 0.208 e. The summed E-state index contributed by atoms with van der Waals surface area (Å²) in [6.07, 6.45) is 0. The lowest BCUT2D eigenvalue weighted by molar-refractivity contribution is 0.768. The second-order valence-electron chi connectivity index (χ2n) is 17.7. The van der Waals surface area contributed by atoms with Crippen molar-refractivity contribution in [2.24, 2.45) is 0 Å². The molecule has 2 aliphatic carbocycles. The van der Waals surface area contributed by atoms with Gasteiger partial charge in [-0.2, -0.15) is 0 Å². The Bertz CT molecular complexity index is 3160. The lowest BCUT2D eigenvalue weighted by Gasteiger charge is -2.34. The van der Waals surface area contributed by atoms with E-state index in [1.807, 2.05) is 0 Å². The zero-order chi connectivity index (χ0) is 43.7. The van der Waals surface area contributed by atoms with E-state index in [1.54, 1.807) is 0 Å². The molecule has 65 heavy (non-hydrogen) atoms. The number of fused-ring (bicyclic) bond motifs is 6. The highest BCUT2D eigenvalue weighted by atomic mass is 15.0. The molecule has 0 N–H and O–H groups in total. The minimum absolute atomic E-state index is 0.554. The third kappa shape index (κ3) is 5.78. The first-order chi connectivity index (χ1) is 32.0. The highest BCUT2D eigenvalue weighted by Crippen LogP contribution is 2.58. The normalized spacial score (nSPS) is 13.7. The van der Waals surface area contributed by atoms with Gasteiger partial charge in [-0.25, -0.2) is 15.0 Å².